The van der Waals surface area contributed by atoms with Crippen LogP contribution in [0.15, 0.2) is 102 Å². The molecule has 10 heteroatoms. The number of ether oxygens (including phenoxy) is 1. The molecule has 0 amide bonds. The summed E-state index contributed by atoms with van der Waals surface area (Å²) in [5.74, 6) is -0.467. The Balaban J connectivity index is 1.24. The summed E-state index contributed by atoms with van der Waals surface area (Å²) >= 11 is 1.72. The summed E-state index contributed by atoms with van der Waals surface area (Å²) in [6.45, 7) is 6.75. The molecule has 52 heavy (non-hydrogen) atoms. The second-order valence-corrected chi connectivity index (χ2v) is 16.5. The standard InChI is InChI=1S/C42H40F3N3O3S/c1-40(2,3)52-38-32-23-31(51-25-30-16-14-27-8-4-5-9-35(27)47-30)17-19-36(32)48-37(38)33(41(39(49)50)20-6-7-21-41)22-26-10-12-28(13-11-26)34-18-15-29(24-46-34)42(43,44)45/h4-5,8-19,23-24,33,48H,6-7,20-22,25H2,1-3H3,(H,49,50). The van der Waals surface area contributed by atoms with Gasteiger partial charge in [0.1, 0.15) is 12.4 Å². The molecule has 0 bridgehead atoms. The SMILES string of the molecule is CC(C)(C)Sc1c(C(Cc2ccc(-c3ccc(C(F)(F)F)cn3)cc2)C2(C(=O)O)CCCC2)[nH]c2ccc(OCc3ccc4ccccc4n3)cc12. The smallest absolute Gasteiger partial charge is 0.417 e. The predicted molar refractivity (Wildman–Crippen MR) is 200 cm³/mol. The highest BCUT2D eigenvalue weighted by Gasteiger charge is 2.50. The number of nitrogens with zero attached hydrogens (tertiary/aromatic N) is 2. The highest BCUT2D eigenvalue weighted by molar-refractivity contribution is 8.00. The first kappa shape index (κ1) is 35.6. The molecule has 6 nitrogen and oxygen atoms in total. The van der Waals surface area contributed by atoms with Crippen LogP contribution in [0.5, 0.6) is 5.75 Å². The third-order valence-corrected chi connectivity index (χ3v) is 11.2. The minimum atomic E-state index is -4.46. The molecule has 6 aromatic rings. The zero-order valence-corrected chi connectivity index (χ0v) is 30.1. The summed E-state index contributed by atoms with van der Waals surface area (Å²) in [6, 6.07) is 27.9. The number of thioether (sulfide) groups is 1. The molecule has 1 aliphatic carbocycles. The lowest BCUT2D eigenvalue weighted by Gasteiger charge is -2.35. The molecule has 7 rings (SSSR count). The Bertz CT molecular complexity index is 2220. The van der Waals surface area contributed by atoms with Crippen molar-refractivity contribution in [2.45, 2.75) is 81.2 Å². The Morgan fingerprint density at radius 3 is 2.38 bits per heavy atom. The zero-order chi connectivity index (χ0) is 36.7. The van der Waals surface area contributed by atoms with Gasteiger partial charge in [0.15, 0.2) is 0 Å². The van der Waals surface area contributed by atoms with E-state index in [0.717, 1.165) is 68.8 Å². The minimum absolute atomic E-state index is 0.178. The molecule has 3 aromatic heterocycles. The Labute approximate surface area is 304 Å². The number of rotatable bonds is 10. The lowest BCUT2D eigenvalue weighted by atomic mass is 9.69. The van der Waals surface area contributed by atoms with E-state index in [1.165, 1.54) is 6.07 Å². The monoisotopic (exact) mass is 723 g/mol. The van der Waals surface area contributed by atoms with Gasteiger partial charge in [-0.2, -0.15) is 13.2 Å². The average Bonchev–Trinajstić information content (AvgIpc) is 3.75. The molecule has 3 heterocycles. The van der Waals surface area contributed by atoms with Crippen molar-refractivity contribution in [2.75, 3.05) is 0 Å². The van der Waals surface area contributed by atoms with Crippen molar-refractivity contribution in [1.82, 2.24) is 15.0 Å². The summed E-state index contributed by atoms with van der Waals surface area (Å²) in [6.07, 6.45) is -0.327. The average molecular weight is 724 g/mol. The van der Waals surface area contributed by atoms with Gasteiger partial charge in [0.25, 0.3) is 0 Å². The largest absolute Gasteiger partial charge is 0.487 e. The number of aromatic amines is 1. The summed E-state index contributed by atoms with van der Waals surface area (Å²) in [5.41, 5.74) is 3.83. The van der Waals surface area contributed by atoms with Crippen LogP contribution in [0, 0.1) is 5.41 Å². The predicted octanol–water partition coefficient (Wildman–Crippen LogP) is 11.2. The van der Waals surface area contributed by atoms with Gasteiger partial charge in [-0.15, -0.1) is 11.8 Å². The first-order valence-electron chi connectivity index (χ1n) is 17.5. The molecule has 0 radical (unpaired) electrons. The quantitative estimate of drug-likeness (QED) is 0.137. The fraction of sp³-hybridized carbons (Fsp3) is 0.310. The van der Waals surface area contributed by atoms with Crippen LogP contribution < -0.4 is 4.74 Å². The molecule has 2 N–H and O–H groups in total. The summed E-state index contributed by atoms with van der Waals surface area (Å²) in [5, 5.41) is 12.9. The van der Waals surface area contributed by atoms with Crippen LogP contribution in [0.3, 0.4) is 0 Å². The van der Waals surface area contributed by atoms with Crippen LogP contribution in [-0.2, 0) is 24.0 Å². The van der Waals surface area contributed by atoms with Gasteiger partial charge < -0.3 is 14.8 Å². The molecule has 1 unspecified atom stereocenters. The third kappa shape index (κ3) is 7.39. The number of carboxylic acids is 1. The van der Waals surface area contributed by atoms with E-state index in [1.807, 2.05) is 78.9 Å². The van der Waals surface area contributed by atoms with Crippen LogP contribution in [0.1, 0.15) is 74.9 Å². The van der Waals surface area contributed by atoms with E-state index < -0.39 is 23.1 Å². The van der Waals surface area contributed by atoms with Gasteiger partial charge in [-0.3, -0.25) is 9.78 Å². The van der Waals surface area contributed by atoms with Crippen molar-refractivity contribution in [3.05, 3.63) is 120 Å². The summed E-state index contributed by atoms with van der Waals surface area (Å²) in [4.78, 5) is 26.8. The topological polar surface area (TPSA) is 88.1 Å². The van der Waals surface area contributed by atoms with Crippen molar-refractivity contribution >= 4 is 39.5 Å². The maximum Gasteiger partial charge on any atom is 0.417 e. The van der Waals surface area contributed by atoms with Gasteiger partial charge in [-0.1, -0.05) is 82.1 Å². The van der Waals surface area contributed by atoms with Crippen LogP contribution in [0.2, 0.25) is 0 Å². The lowest BCUT2D eigenvalue weighted by molar-refractivity contribution is -0.150. The Kier molecular flexibility index (Phi) is 9.54. The third-order valence-electron chi connectivity index (χ3n) is 9.92. The van der Waals surface area contributed by atoms with E-state index in [4.69, 9.17) is 9.72 Å². The maximum absolute atomic E-state index is 13.3. The molecule has 0 aliphatic heterocycles. The number of benzene rings is 3. The van der Waals surface area contributed by atoms with E-state index in [1.54, 1.807) is 11.8 Å². The fourth-order valence-electron chi connectivity index (χ4n) is 7.33. The van der Waals surface area contributed by atoms with Gasteiger partial charge in [0, 0.05) is 49.3 Å². The second-order valence-electron chi connectivity index (χ2n) is 14.6. The summed E-state index contributed by atoms with van der Waals surface area (Å²) < 4.78 is 45.4. The Morgan fingerprint density at radius 1 is 0.962 bits per heavy atom. The van der Waals surface area contributed by atoms with Crippen molar-refractivity contribution in [3.8, 4) is 17.0 Å². The number of alkyl halides is 3. The van der Waals surface area contributed by atoms with Crippen molar-refractivity contribution in [3.63, 3.8) is 0 Å². The highest BCUT2D eigenvalue weighted by Crippen LogP contribution is 2.54. The first-order chi connectivity index (χ1) is 24.8. The number of aliphatic carboxylic acids is 1. The molecule has 1 fully saturated rings. The molecule has 268 valence electrons. The highest BCUT2D eigenvalue weighted by atomic mass is 32.2. The Hall–Kier alpha value is -4.83. The van der Waals surface area contributed by atoms with Crippen molar-refractivity contribution in [2.24, 2.45) is 5.41 Å². The fourth-order valence-corrected chi connectivity index (χ4v) is 8.53. The molecule has 1 aliphatic rings. The number of pyridine rings is 2. The zero-order valence-electron chi connectivity index (χ0n) is 29.3. The Morgan fingerprint density at radius 2 is 1.71 bits per heavy atom. The molecule has 3 aromatic carbocycles. The van der Waals surface area contributed by atoms with Crippen LogP contribution in [-0.4, -0.2) is 30.8 Å². The van der Waals surface area contributed by atoms with Gasteiger partial charge in [-0.05, 0) is 67.3 Å². The molecule has 1 saturated carbocycles. The molecular formula is C42H40F3N3O3S. The van der Waals surface area contributed by atoms with Crippen molar-refractivity contribution < 1.29 is 27.8 Å². The molecular weight excluding hydrogens is 684 g/mol. The molecule has 0 spiro atoms. The van der Waals surface area contributed by atoms with Gasteiger partial charge in [0.2, 0.25) is 0 Å². The number of fused-ring (bicyclic) bond motifs is 2. The van der Waals surface area contributed by atoms with Gasteiger partial charge >= 0.3 is 12.1 Å². The number of hydrogen-bond donors (Lipinski definition) is 2. The number of H-pyrrole nitrogens is 1. The number of carbonyl (C=O) groups is 1. The second kappa shape index (κ2) is 14.0. The van der Waals surface area contributed by atoms with E-state index in [2.05, 4.69) is 30.7 Å². The van der Waals surface area contributed by atoms with Gasteiger partial charge in [0.05, 0.1) is 27.9 Å². The first-order valence-corrected chi connectivity index (χ1v) is 18.3. The minimum Gasteiger partial charge on any atom is -0.487 e. The van der Waals surface area contributed by atoms with E-state index >= 15 is 0 Å². The number of para-hydroxylation sites is 1. The normalized spacial score (nSPS) is 15.3. The van der Waals surface area contributed by atoms with Gasteiger partial charge in [-0.25, -0.2) is 4.98 Å². The number of carboxylic acid groups (broad SMARTS) is 1. The van der Waals surface area contributed by atoms with E-state index in [-0.39, 0.29) is 10.7 Å². The lowest BCUT2D eigenvalue weighted by Crippen LogP contribution is -2.36. The number of halogens is 3. The number of hydrogen-bond acceptors (Lipinski definition) is 5. The van der Waals surface area contributed by atoms with E-state index in [0.29, 0.717) is 42.9 Å². The van der Waals surface area contributed by atoms with Crippen LogP contribution >= 0.6 is 11.8 Å². The van der Waals surface area contributed by atoms with Crippen molar-refractivity contribution in [1.29, 1.82) is 0 Å². The molecule has 0 saturated heterocycles. The number of nitrogens with one attached hydrogen (secondary N) is 1. The summed E-state index contributed by atoms with van der Waals surface area (Å²) in [7, 11) is 0. The van der Waals surface area contributed by atoms with Crippen LogP contribution in [0.4, 0.5) is 13.2 Å². The maximum atomic E-state index is 13.3. The van der Waals surface area contributed by atoms with Crippen LogP contribution in [0.25, 0.3) is 33.1 Å². The van der Waals surface area contributed by atoms with E-state index in [9.17, 15) is 23.1 Å². The molecule has 1 atom stereocenters. The number of aromatic nitrogens is 3.